The van der Waals surface area contributed by atoms with Crippen molar-refractivity contribution in [3.63, 3.8) is 0 Å². The van der Waals surface area contributed by atoms with Crippen molar-refractivity contribution in [3.05, 3.63) is 39.9 Å². The Bertz CT molecular complexity index is 344. The maximum atomic E-state index is 10.5. The monoisotopic (exact) mass is 207 g/mol. The lowest BCUT2D eigenvalue weighted by Gasteiger charge is -2.24. The molecule has 0 aliphatic carbocycles. The number of rotatable bonds is 2. The minimum atomic E-state index is -0.379. The minimum absolute atomic E-state index is 0.141. The molecule has 2 N–H and O–H groups in total. The summed E-state index contributed by atoms with van der Waals surface area (Å²) < 4.78 is 0. The van der Waals surface area contributed by atoms with Crippen LogP contribution in [0.5, 0.6) is 0 Å². The van der Waals surface area contributed by atoms with Crippen molar-refractivity contribution >= 4 is 5.69 Å². The van der Waals surface area contributed by atoms with Gasteiger partial charge in [0.15, 0.2) is 0 Å². The fraction of sp³-hybridized carbons (Fsp3) is 0.400. The van der Waals surface area contributed by atoms with Crippen LogP contribution in [0, 0.1) is 10.1 Å². The number of hydrogen-bond donors (Lipinski definition) is 2. The largest absolute Gasteiger partial charge is 0.314 e. The third kappa shape index (κ3) is 2.31. The van der Waals surface area contributed by atoms with Crippen molar-refractivity contribution < 1.29 is 4.92 Å². The molecule has 5 nitrogen and oxygen atoms in total. The van der Waals surface area contributed by atoms with E-state index in [1.165, 1.54) is 0 Å². The lowest BCUT2D eigenvalue weighted by molar-refractivity contribution is -0.384. The highest BCUT2D eigenvalue weighted by Crippen LogP contribution is 2.18. The SMILES string of the molecule is O=[N+]([O-])c1ccc([C@@H]2CNCCN2)cc1. The van der Waals surface area contributed by atoms with Gasteiger partial charge in [-0.05, 0) is 5.56 Å². The molecule has 0 bridgehead atoms. The quantitative estimate of drug-likeness (QED) is 0.556. The number of piperazine rings is 1. The van der Waals surface area contributed by atoms with Gasteiger partial charge in [-0.3, -0.25) is 10.1 Å². The second-order valence-corrected chi connectivity index (χ2v) is 3.56. The smallest absolute Gasteiger partial charge is 0.269 e. The Balaban J connectivity index is 2.11. The second kappa shape index (κ2) is 4.37. The molecule has 1 atom stereocenters. The van der Waals surface area contributed by atoms with Crippen LogP contribution < -0.4 is 10.6 Å². The van der Waals surface area contributed by atoms with Gasteiger partial charge >= 0.3 is 0 Å². The number of nitro benzene ring substituents is 1. The number of nitro groups is 1. The van der Waals surface area contributed by atoms with E-state index in [1.54, 1.807) is 12.1 Å². The molecule has 15 heavy (non-hydrogen) atoms. The zero-order valence-corrected chi connectivity index (χ0v) is 8.27. The highest BCUT2D eigenvalue weighted by atomic mass is 16.6. The third-order valence-corrected chi connectivity index (χ3v) is 2.55. The van der Waals surface area contributed by atoms with Crippen molar-refractivity contribution in [2.45, 2.75) is 6.04 Å². The van der Waals surface area contributed by atoms with E-state index >= 15 is 0 Å². The van der Waals surface area contributed by atoms with Crippen LogP contribution in [0.1, 0.15) is 11.6 Å². The van der Waals surface area contributed by atoms with E-state index in [9.17, 15) is 10.1 Å². The molecule has 5 heteroatoms. The summed E-state index contributed by atoms with van der Waals surface area (Å²) in [5.41, 5.74) is 1.23. The molecule has 0 unspecified atom stereocenters. The minimum Gasteiger partial charge on any atom is -0.314 e. The van der Waals surface area contributed by atoms with Crippen LogP contribution >= 0.6 is 0 Å². The Morgan fingerprint density at radius 1 is 1.27 bits per heavy atom. The summed E-state index contributed by atoms with van der Waals surface area (Å²) in [5.74, 6) is 0. The Morgan fingerprint density at radius 2 is 2.00 bits per heavy atom. The van der Waals surface area contributed by atoms with Gasteiger partial charge in [0.2, 0.25) is 0 Å². The highest BCUT2D eigenvalue weighted by molar-refractivity contribution is 5.34. The van der Waals surface area contributed by atoms with Gasteiger partial charge in [-0.1, -0.05) is 12.1 Å². The molecule has 1 aromatic carbocycles. The first-order valence-corrected chi connectivity index (χ1v) is 4.96. The Hall–Kier alpha value is -1.46. The van der Waals surface area contributed by atoms with E-state index in [-0.39, 0.29) is 16.7 Å². The van der Waals surface area contributed by atoms with Gasteiger partial charge in [0.1, 0.15) is 0 Å². The molecule has 1 aliphatic heterocycles. The van der Waals surface area contributed by atoms with Gasteiger partial charge in [-0.2, -0.15) is 0 Å². The third-order valence-electron chi connectivity index (χ3n) is 2.55. The van der Waals surface area contributed by atoms with Gasteiger partial charge in [0.05, 0.1) is 4.92 Å². The first-order chi connectivity index (χ1) is 7.27. The molecule has 1 aromatic rings. The van der Waals surface area contributed by atoms with Crippen LogP contribution in [0.25, 0.3) is 0 Å². The lowest BCUT2D eigenvalue weighted by atomic mass is 10.1. The molecule has 0 spiro atoms. The molecule has 1 saturated heterocycles. The zero-order chi connectivity index (χ0) is 10.7. The standard InChI is InChI=1S/C10H13N3O2/c14-13(15)9-3-1-8(2-4-9)10-7-11-5-6-12-10/h1-4,10-12H,5-7H2/t10-/m0/s1. The number of nitrogens with zero attached hydrogens (tertiary/aromatic N) is 1. The van der Waals surface area contributed by atoms with E-state index in [2.05, 4.69) is 10.6 Å². The van der Waals surface area contributed by atoms with Gasteiger partial charge in [0.25, 0.3) is 5.69 Å². The van der Waals surface area contributed by atoms with Crippen molar-refractivity contribution in [1.29, 1.82) is 0 Å². The molecule has 0 saturated carbocycles. The van der Waals surface area contributed by atoms with Gasteiger partial charge in [0, 0.05) is 37.8 Å². The summed E-state index contributed by atoms with van der Waals surface area (Å²) in [4.78, 5) is 10.1. The number of non-ortho nitro benzene ring substituents is 1. The molecule has 2 rings (SSSR count). The van der Waals surface area contributed by atoms with Crippen molar-refractivity contribution in [2.24, 2.45) is 0 Å². The molecular weight excluding hydrogens is 194 g/mol. The van der Waals surface area contributed by atoms with Gasteiger partial charge in [-0.25, -0.2) is 0 Å². The predicted molar refractivity (Wildman–Crippen MR) is 56.7 cm³/mol. The maximum Gasteiger partial charge on any atom is 0.269 e. The predicted octanol–water partition coefficient (Wildman–Crippen LogP) is 0.829. The number of nitrogens with one attached hydrogen (secondary N) is 2. The molecule has 0 radical (unpaired) electrons. The number of benzene rings is 1. The van der Waals surface area contributed by atoms with Gasteiger partial charge < -0.3 is 10.6 Å². The Morgan fingerprint density at radius 3 is 2.53 bits per heavy atom. The normalized spacial score (nSPS) is 21.2. The van der Waals surface area contributed by atoms with Crippen molar-refractivity contribution in [3.8, 4) is 0 Å². The summed E-state index contributed by atoms with van der Waals surface area (Å²) in [5, 5.41) is 17.1. The van der Waals surface area contributed by atoms with Gasteiger partial charge in [-0.15, -0.1) is 0 Å². The Kier molecular flexibility index (Phi) is 2.94. The molecule has 1 fully saturated rings. The fourth-order valence-corrected chi connectivity index (χ4v) is 1.72. The van der Waals surface area contributed by atoms with E-state index in [0.717, 1.165) is 25.2 Å². The fourth-order valence-electron chi connectivity index (χ4n) is 1.72. The lowest BCUT2D eigenvalue weighted by Crippen LogP contribution is -2.42. The number of hydrogen-bond acceptors (Lipinski definition) is 4. The van der Waals surface area contributed by atoms with Crippen molar-refractivity contribution in [2.75, 3.05) is 19.6 Å². The van der Waals surface area contributed by atoms with Crippen LogP contribution in [0.4, 0.5) is 5.69 Å². The van der Waals surface area contributed by atoms with Crippen LogP contribution in [0.3, 0.4) is 0 Å². The molecular formula is C10H13N3O2. The first kappa shape index (κ1) is 10.1. The van der Waals surface area contributed by atoms with Crippen LogP contribution in [-0.4, -0.2) is 24.6 Å². The average molecular weight is 207 g/mol. The maximum absolute atomic E-state index is 10.5. The summed E-state index contributed by atoms with van der Waals surface area (Å²) in [7, 11) is 0. The van der Waals surface area contributed by atoms with Crippen LogP contribution in [0.15, 0.2) is 24.3 Å². The second-order valence-electron chi connectivity index (χ2n) is 3.56. The summed E-state index contributed by atoms with van der Waals surface area (Å²) in [6, 6.07) is 6.97. The molecule has 0 aromatic heterocycles. The first-order valence-electron chi connectivity index (χ1n) is 4.96. The van der Waals surface area contributed by atoms with E-state index in [1.807, 2.05) is 12.1 Å². The molecule has 80 valence electrons. The average Bonchev–Trinajstić information content (AvgIpc) is 2.30. The molecule has 0 amide bonds. The van der Waals surface area contributed by atoms with Crippen LogP contribution in [0.2, 0.25) is 0 Å². The molecule has 1 aliphatic rings. The highest BCUT2D eigenvalue weighted by Gasteiger charge is 2.14. The summed E-state index contributed by atoms with van der Waals surface area (Å²) in [6.07, 6.45) is 0. The van der Waals surface area contributed by atoms with E-state index in [0.29, 0.717) is 0 Å². The summed E-state index contributed by atoms with van der Waals surface area (Å²) in [6.45, 7) is 2.78. The van der Waals surface area contributed by atoms with E-state index < -0.39 is 0 Å². The zero-order valence-electron chi connectivity index (χ0n) is 8.27. The summed E-state index contributed by atoms with van der Waals surface area (Å²) >= 11 is 0. The van der Waals surface area contributed by atoms with E-state index in [4.69, 9.17) is 0 Å². The Labute approximate surface area is 87.6 Å². The topological polar surface area (TPSA) is 67.2 Å². The van der Waals surface area contributed by atoms with Crippen LogP contribution in [-0.2, 0) is 0 Å². The molecule has 1 heterocycles. The van der Waals surface area contributed by atoms with Crippen molar-refractivity contribution in [1.82, 2.24) is 10.6 Å².